The molecule has 0 spiro atoms. The Balaban J connectivity index is 2.19. The topological polar surface area (TPSA) is 3.24 Å². The highest BCUT2D eigenvalue weighted by Crippen LogP contribution is 2.29. The maximum atomic E-state index is 3.13. The van der Waals surface area contributed by atoms with Gasteiger partial charge in [0, 0.05) is 6.04 Å². The summed E-state index contributed by atoms with van der Waals surface area (Å²) in [6.07, 6.45) is 2.63. The summed E-state index contributed by atoms with van der Waals surface area (Å²) in [5.41, 5.74) is 1.41. The van der Waals surface area contributed by atoms with E-state index in [1.165, 1.54) is 24.9 Å². The molecule has 1 heterocycles. The molecule has 0 amide bonds. The Morgan fingerprint density at radius 3 is 3.08 bits per heavy atom. The fourth-order valence-electron chi connectivity index (χ4n) is 1.95. The summed E-state index contributed by atoms with van der Waals surface area (Å²) in [6.45, 7) is 1.24. The summed E-state index contributed by atoms with van der Waals surface area (Å²) in [6, 6.07) is 12.1. The van der Waals surface area contributed by atoms with Crippen molar-refractivity contribution in [2.75, 3.05) is 13.6 Å². The molecule has 1 atom stereocenters. The molecule has 63 valence electrons. The van der Waals surface area contributed by atoms with Gasteiger partial charge in [0.05, 0.1) is 0 Å². The van der Waals surface area contributed by atoms with E-state index in [-0.39, 0.29) is 0 Å². The van der Waals surface area contributed by atoms with Crippen molar-refractivity contribution in [1.82, 2.24) is 4.90 Å². The predicted molar refractivity (Wildman–Crippen MR) is 49.9 cm³/mol. The number of rotatable bonds is 1. The van der Waals surface area contributed by atoms with Crippen LogP contribution in [0.4, 0.5) is 0 Å². The molecule has 0 bridgehead atoms. The largest absolute Gasteiger partial charge is 0.299 e. The van der Waals surface area contributed by atoms with Crippen LogP contribution in [-0.2, 0) is 0 Å². The fourth-order valence-corrected chi connectivity index (χ4v) is 1.95. The van der Waals surface area contributed by atoms with Crippen LogP contribution in [0.5, 0.6) is 0 Å². The van der Waals surface area contributed by atoms with Crippen LogP contribution < -0.4 is 0 Å². The zero-order chi connectivity index (χ0) is 8.39. The van der Waals surface area contributed by atoms with Gasteiger partial charge in [-0.3, -0.25) is 4.90 Å². The molecular weight excluding hydrogens is 146 g/mol. The molecule has 1 fully saturated rings. The van der Waals surface area contributed by atoms with Crippen LogP contribution in [0.15, 0.2) is 24.3 Å². The second-order valence-corrected chi connectivity index (χ2v) is 3.48. The average Bonchev–Trinajstić information content (AvgIpc) is 2.53. The van der Waals surface area contributed by atoms with Crippen molar-refractivity contribution in [3.05, 3.63) is 35.9 Å². The summed E-state index contributed by atoms with van der Waals surface area (Å²) in [7, 11) is 2.20. The number of hydrogen-bond donors (Lipinski definition) is 0. The molecule has 1 aromatic carbocycles. The van der Waals surface area contributed by atoms with Crippen molar-refractivity contribution in [2.45, 2.75) is 18.9 Å². The minimum absolute atomic E-state index is 0.641. The van der Waals surface area contributed by atoms with Crippen molar-refractivity contribution in [2.24, 2.45) is 0 Å². The van der Waals surface area contributed by atoms with Gasteiger partial charge in [0.15, 0.2) is 0 Å². The van der Waals surface area contributed by atoms with Crippen LogP contribution in [0.3, 0.4) is 0 Å². The normalized spacial score (nSPS) is 24.6. The highest BCUT2D eigenvalue weighted by molar-refractivity contribution is 5.18. The Labute approximate surface area is 74.0 Å². The first kappa shape index (κ1) is 7.81. The molecule has 0 aromatic heterocycles. The van der Waals surface area contributed by atoms with Crippen molar-refractivity contribution < 1.29 is 0 Å². The van der Waals surface area contributed by atoms with Crippen LogP contribution in [0, 0.1) is 6.07 Å². The number of nitrogens with zero attached hydrogens (tertiary/aromatic N) is 1. The Kier molecular flexibility index (Phi) is 2.13. The second-order valence-electron chi connectivity index (χ2n) is 3.48. The van der Waals surface area contributed by atoms with Gasteiger partial charge in [-0.25, -0.2) is 0 Å². The van der Waals surface area contributed by atoms with Gasteiger partial charge >= 0.3 is 0 Å². The minimum atomic E-state index is 0.641. The van der Waals surface area contributed by atoms with E-state index in [2.05, 4.69) is 36.2 Å². The van der Waals surface area contributed by atoms with Gasteiger partial charge in [-0.05, 0) is 44.1 Å². The van der Waals surface area contributed by atoms with Gasteiger partial charge in [-0.1, -0.05) is 18.2 Å². The molecule has 1 radical (unpaired) electrons. The molecular formula is C11H14N. The standard InChI is InChI=1S/C11H14N/c1-12-9-5-8-11(12)10-6-3-2-4-7-10/h2-3,6-7,11H,5,8-9H2,1H3/t11-/m1/s1. The van der Waals surface area contributed by atoms with Crippen molar-refractivity contribution >= 4 is 0 Å². The monoisotopic (exact) mass is 160 g/mol. The smallest absolute Gasteiger partial charge is 0.0345 e. The molecule has 1 aliphatic heterocycles. The summed E-state index contributed by atoms with van der Waals surface area (Å²) >= 11 is 0. The van der Waals surface area contributed by atoms with Crippen LogP contribution in [0.2, 0.25) is 0 Å². The number of benzene rings is 1. The molecule has 0 N–H and O–H groups in total. The highest BCUT2D eigenvalue weighted by atomic mass is 15.1. The Bertz CT molecular complexity index is 242. The van der Waals surface area contributed by atoms with Crippen molar-refractivity contribution in [1.29, 1.82) is 0 Å². The van der Waals surface area contributed by atoms with E-state index < -0.39 is 0 Å². The van der Waals surface area contributed by atoms with E-state index in [0.717, 1.165) is 0 Å². The Morgan fingerprint density at radius 2 is 2.50 bits per heavy atom. The third kappa shape index (κ3) is 1.37. The Morgan fingerprint density at radius 1 is 1.58 bits per heavy atom. The lowest BCUT2D eigenvalue weighted by atomic mass is 10.1. The van der Waals surface area contributed by atoms with Crippen LogP contribution >= 0.6 is 0 Å². The van der Waals surface area contributed by atoms with Gasteiger partial charge in [0.25, 0.3) is 0 Å². The SMILES string of the molecule is CN1CCC[C@@H]1c1c[c]ccc1. The van der Waals surface area contributed by atoms with E-state index in [1.54, 1.807) is 0 Å². The average molecular weight is 160 g/mol. The molecule has 12 heavy (non-hydrogen) atoms. The van der Waals surface area contributed by atoms with Gasteiger partial charge in [-0.2, -0.15) is 0 Å². The van der Waals surface area contributed by atoms with Crippen molar-refractivity contribution in [3.63, 3.8) is 0 Å². The molecule has 1 nitrogen and oxygen atoms in total. The molecule has 2 rings (SSSR count). The lowest BCUT2D eigenvalue weighted by Crippen LogP contribution is -2.17. The zero-order valence-corrected chi connectivity index (χ0v) is 7.46. The first-order valence-corrected chi connectivity index (χ1v) is 4.54. The van der Waals surface area contributed by atoms with E-state index >= 15 is 0 Å². The highest BCUT2D eigenvalue weighted by Gasteiger charge is 2.21. The molecule has 0 aliphatic carbocycles. The summed E-state index contributed by atoms with van der Waals surface area (Å²) in [5.74, 6) is 0. The molecule has 0 unspecified atom stereocenters. The second kappa shape index (κ2) is 3.28. The van der Waals surface area contributed by atoms with E-state index in [9.17, 15) is 0 Å². The number of hydrogen-bond acceptors (Lipinski definition) is 1. The molecule has 1 aliphatic rings. The van der Waals surface area contributed by atoms with Crippen LogP contribution in [-0.4, -0.2) is 18.5 Å². The molecule has 1 aromatic rings. The molecule has 0 saturated carbocycles. The Hall–Kier alpha value is -0.820. The van der Waals surface area contributed by atoms with Crippen LogP contribution in [0.25, 0.3) is 0 Å². The van der Waals surface area contributed by atoms with Crippen molar-refractivity contribution in [3.8, 4) is 0 Å². The van der Waals surface area contributed by atoms with E-state index in [0.29, 0.717) is 6.04 Å². The lowest BCUT2D eigenvalue weighted by molar-refractivity contribution is 0.317. The van der Waals surface area contributed by atoms with Gasteiger partial charge in [0.2, 0.25) is 0 Å². The van der Waals surface area contributed by atoms with Gasteiger partial charge in [0.1, 0.15) is 0 Å². The maximum absolute atomic E-state index is 3.13. The van der Waals surface area contributed by atoms with Crippen LogP contribution in [0.1, 0.15) is 24.4 Å². The van der Waals surface area contributed by atoms with Gasteiger partial charge < -0.3 is 0 Å². The third-order valence-electron chi connectivity index (χ3n) is 2.64. The predicted octanol–water partition coefficient (Wildman–Crippen LogP) is 2.25. The summed E-state index contributed by atoms with van der Waals surface area (Å²) in [4.78, 5) is 2.42. The zero-order valence-electron chi connectivity index (χ0n) is 7.46. The molecule has 1 saturated heterocycles. The minimum Gasteiger partial charge on any atom is -0.299 e. The third-order valence-corrected chi connectivity index (χ3v) is 2.64. The van der Waals surface area contributed by atoms with E-state index in [4.69, 9.17) is 0 Å². The summed E-state index contributed by atoms with van der Waals surface area (Å²) < 4.78 is 0. The quantitative estimate of drug-likeness (QED) is 0.609. The first-order valence-electron chi connectivity index (χ1n) is 4.54. The maximum Gasteiger partial charge on any atom is 0.0345 e. The first-order chi connectivity index (χ1) is 5.88. The fraction of sp³-hybridized carbons (Fsp3) is 0.455. The van der Waals surface area contributed by atoms with Gasteiger partial charge in [-0.15, -0.1) is 0 Å². The number of likely N-dealkylation sites (tertiary alicyclic amines) is 1. The molecule has 1 heteroatoms. The summed E-state index contributed by atoms with van der Waals surface area (Å²) in [5, 5.41) is 0. The lowest BCUT2D eigenvalue weighted by Gasteiger charge is -2.19. The van der Waals surface area contributed by atoms with E-state index in [1.807, 2.05) is 6.07 Å².